The number of amides is 1. The molecule has 4 nitrogen and oxygen atoms in total. The minimum Gasteiger partial charge on any atom is -0.457 e. The Kier molecular flexibility index (Phi) is 3.38. The van der Waals surface area contributed by atoms with Crippen molar-refractivity contribution < 1.29 is 14.3 Å². The minimum absolute atomic E-state index is 0.186. The number of ether oxygens (including phenoxy) is 1. The number of carbonyl (C=O) groups is 2. The number of hydrogen-bond acceptors (Lipinski definition) is 3. The predicted octanol–water partition coefficient (Wildman–Crippen LogP) is 2.39. The lowest BCUT2D eigenvalue weighted by Gasteiger charge is -2.07. The molecule has 0 aliphatic carbocycles. The van der Waals surface area contributed by atoms with Crippen LogP contribution in [0.15, 0.2) is 48.5 Å². The zero-order valence-corrected chi connectivity index (χ0v) is 9.50. The van der Waals surface area contributed by atoms with Crippen LogP contribution in [0.4, 0.5) is 0 Å². The van der Waals surface area contributed by atoms with Gasteiger partial charge in [-0.3, -0.25) is 9.59 Å². The Hall–Kier alpha value is -2.62. The smallest absolute Gasteiger partial charge is 0.249 e. The number of benzene rings is 2. The highest BCUT2D eigenvalue weighted by molar-refractivity contribution is 6.00. The molecule has 0 fully saturated rings. The first-order chi connectivity index (χ1) is 8.70. The van der Waals surface area contributed by atoms with Crippen LogP contribution in [0.3, 0.4) is 0 Å². The minimum atomic E-state index is -0.636. The Morgan fingerprint density at radius 3 is 2.39 bits per heavy atom. The lowest BCUT2D eigenvalue weighted by Crippen LogP contribution is -2.13. The van der Waals surface area contributed by atoms with Crippen molar-refractivity contribution in [3.8, 4) is 11.5 Å². The Labute approximate surface area is 104 Å². The fraction of sp³-hybridized carbons (Fsp3) is 0. The molecule has 0 aliphatic rings. The molecule has 0 radical (unpaired) electrons. The van der Waals surface area contributed by atoms with Crippen LogP contribution in [0.1, 0.15) is 20.7 Å². The lowest BCUT2D eigenvalue weighted by atomic mass is 10.1. The number of nitrogens with two attached hydrogens (primary N) is 1. The van der Waals surface area contributed by atoms with Gasteiger partial charge in [-0.25, -0.2) is 0 Å². The maximum atomic E-state index is 11.1. The van der Waals surface area contributed by atoms with Crippen molar-refractivity contribution in [3.05, 3.63) is 59.7 Å². The van der Waals surface area contributed by atoms with Crippen molar-refractivity contribution >= 4 is 12.2 Å². The molecule has 1 amide bonds. The lowest BCUT2D eigenvalue weighted by molar-refractivity contribution is 0.0993. The molecule has 2 rings (SSSR count). The molecule has 0 aromatic heterocycles. The van der Waals surface area contributed by atoms with Gasteiger partial charge >= 0.3 is 0 Å². The third kappa shape index (κ3) is 2.55. The van der Waals surface area contributed by atoms with Gasteiger partial charge < -0.3 is 10.5 Å². The molecule has 18 heavy (non-hydrogen) atoms. The fourth-order valence-corrected chi connectivity index (χ4v) is 1.55. The molecule has 0 atom stereocenters. The van der Waals surface area contributed by atoms with Crippen LogP contribution in [-0.4, -0.2) is 12.2 Å². The first kappa shape index (κ1) is 11.9. The molecular formula is C14H11NO3. The highest BCUT2D eigenvalue weighted by Gasteiger charge is 2.09. The molecule has 90 valence electrons. The van der Waals surface area contributed by atoms with E-state index < -0.39 is 5.91 Å². The van der Waals surface area contributed by atoms with Gasteiger partial charge in [0.25, 0.3) is 0 Å². The Bertz CT molecular complexity index is 579. The highest BCUT2D eigenvalue weighted by atomic mass is 16.5. The number of aldehydes is 1. The maximum Gasteiger partial charge on any atom is 0.249 e. The predicted molar refractivity (Wildman–Crippen MR) is 66.9 cm³/mol. The first-order valence-corrected chi connectivity index (χ1v) is 5.32. The van der Waals surface area contributed by atoms with Crippen LogP contribution in [0.2, 0.25) is 0 Å². The average molecular weight is 241 g/mol. The molecule has 0 heterocycles. The summed E-state index contributed by atoms with van der Waals surface area (Å²) in [5.41, 5.74) is 5.56. The van der Waals surface area contributed by atoms with Gasteiger partial charge in [-0.1, -0.05) is 18.2 Å². The molecular weight excluding hydrogens is 230 g/mol. The van der Waals surface area contributed by atoms with Crippen LogP contribution >= 0.6 is 0 Å². The van der Waals surface area contributed by atoms with Crippen LogP contribution in [0.5, 0.6) is 11.5 Å². The van der Waals surface area contributed by atoms with Gasteiger partial charge in [-0.15, -0.1) is 0 Å². The van der Waals surface area contributed by atoms with E-state index in [1.165, 1.54) is 12.1 Å². The van der Waals surface area contributed by atoms with Crippen molar-refractivity contribution in [2.45, 2.75) is 0 Å². The summed E-state index contributed by atoms with van der Waals surface area (Å²) in [5, 5.41) is 0. The van der Waals surface area contributed by atoms with Gasteiger partial charge in [0.2, 0.25) is 5.91 Å². The number of rotatable bonds is 4. The van der Waals surface area contributed by atoms with Crippen LogP contribution in [0, 0.1) is 0 Å². The van der Waals surface area contributed by atoms with E-state index in [1.807, 2.05) is 18.2 Å². The quantitative estimate of drug-likeness (QED) is 0.835. The van der Waals surface area contributed by atoms with Gasteiger partial charge in [0.1, 0.15) is 11.5 Å². The van der Waals surface area contributed by atoms with Crippen LogP contribution in [0.25, 0.3) is 0 Å². The van der Waals surface area contributed by atoms with E-state index in [1.54, 1.807) is 18.2 Å². The number of hydrogen-bond donors (Lipinski definition) is 1. The summed E-state index contributed by atoms with van der Waals surface area (Å²) >= 11 is 0. The topological polar surface area (TPSA) is 69.4 Å². The maximum absolute atomic E-state index is 11.1. The zero-order valence-electron chi connectivity index (χ0n) is 9.50. The van der Waals surface area contributed by atoms with Crippen molar-refractivity contribution in [2.24, 2.45) is 5.73 Å². The van der Waals surface area contributed by atoms with Gasteiger partial charge in [-0.05, 0) is 30.3 Å². The van der Waals surface area contributed by atoms with E-state index in [4.69, 9.17) is 10.5 Å². The zero-order chi connectivity index (χ0) is 13.0. The number of carbonyl (C=O) groups excluding carboxylic acids is 2. The molecule has 0 unspecified atom stereocenters. The summed E-state index contributed by atoms with van der Waals surface area (Å²) in [7, 11) is 0. The standard InChI is InChI=1S/C14H11NO3/c15-14(17)13-7-6-12(8-10(13)9-16)18-11-4-2-1-3-5-11/h1-9H,(H2,15,17). The molecule has 0 saturated carbocycles. The first-order valence-electron chi connectivity index (χ1n) is 5.32. The normalized spacial score (nSPS) is 9.78. The molecule has 2 aromatic rings. The van der Waals surface area contributed by atoms with Crippen LogP contribution in [-0.2, 0) is 0 Å². The average Bonchev–Trinajstić information content (AvgIpc) is 2.39. The third-order valence-corrected chi connectivity index (χ3v) is 2.39. The van der Waals surface area contributed by atoms with Gasteiger partial charge in [0.05, 0.1) is 0 Å². The van der Waals surface area contributed by atoms with Gasteiger partial charge in [0.15, 0.2) is 6.29 Å². The van der Waals surface area contributed by atoms with Crippen molar-refractivity contribution in [3.63, 3.8) is 0 Å². The van der Waals surface area contributed by atoms with E-state index in [0.717, 1.165) is 0 Å². The second-order valence-corrected chi connectivity index (χ2v) is 3.65. The van der Waals surface area contributed by atoms with E-state index in [0.29, 0.717) is 17.8 Å². The van der Waals surface area contributed by atoms with E-state index in [9.17, 15) is 9.59 Å². The van der Waals surface area contributed by atoms with Gasteiger partial charge in [0, 0.05) is 11.1 Å². The Morgan fingerprint density at radius 2 is 1.78 bits per heavy atom. The van der Waals surface area contributed by atoms with Crippen LogP contribution < -0.4 is 10.5 Å². The van der Waals surface area contributed by atoms with Crippen molar-refractivity contribution in [2.75, 3.05) is 0 Å². The largest absolute Gasteiger partial charge is 0.457 e. The molecule has 0 spiro atoms. The molecule has 4 heteroatoms. The second kappa shape index (κ2) is 5.14. The molecule has 0 aliphatic heterocycles. The van der Waals surface area contributed by atoms with Crippen molar-refractivity contribution in [1.82, 2.24) is 0 Å². The van der Waals surface area contributed by atoms with E-state index >= 15 is 0 Å². The summed E-state index contributed by atoms with van der Waals surface area (Å²) in [4.78, 5) is 21.9. The highest BCUT2D eigenvalue weighted by Crippen LogP contribution is 2.23. The Morgan fingerprint density at radius 1 is 1.06 bits per heavy atom. The SMILES string of the molecule is NC(=O)c1ccc(Oc2ccccc2)cc1C=O. The third-order valence-electron chi connectivity index (χ3n) is 2.39. The Balaban J connectivity index is 2.31. The summed E-state index contributed by atoms with van der Waals surface area (Å²) < 4.78 is 5.54. The molecule has 2 aromatic carbocycles. The second-order valence-electron chi connectivity index (χ2n) is 3.65. The molecule has 0 bridgehead atoms. The fourth-order valence-electron chi connectivity index (χ4n) is 1.55. The van der Waals surface area contributed by atoms with E-state index in [2.05, 4.69) is 0 Å². The van der Waals surface area contributed by atoms with Gasteiger partial charge in [-0.2, -0.15) is 0 Å². The summed E-state index contributed by atoms with van der Waals surface area (Å²) in [6.07, 6.45) is 0.581. The summed E-state index contributed by atoms with van der Waals surface area (Å²) in [6.45, 7) is 0. The molecule has 2 N–H and O–H groups in total. The van der Waals surface area contributed by atoms with Crippen molar-refractivity contribution in [1.29, 1.82) is 0 Å². The number of primary amides is 1. The monoisotopic (exact) mass is 241 g/mol. The summed E-state index contributed by atoms with van der Waals surface area (Å²) in [6, 6.07) is 13.7. The number of para-hydroxylation sites is 1. The summed E-state index contributed by atoms with van der Waals surface area (Å²) in [5.74, 6) is 0.498. The molecule has 0 saturated heterocycles. The van der Waals surface area contributed by atoms with E-state index in [-0.39, 0.29) is 11.1 Å².